The zero-order valence-corrected chi connectivity index (χ0v) is 10.1. The Balaban J connectivity index is 2.50. The van der Waals surface area contributed by atoms with Crippen molar-refractivity contribution in [2.24, 2.45) is 0 Å². The normalized spacial score (nSPS) is 12.4. The van der Waals surface area contributed by atoms with E-state index in [1.807, 2.05) is 25.1 Å². The van der Waals surface area contributed by atoms with Gasteiger partial charge in [0.2, 0.25) is 0 Å². The van der Waals surface area contributed by atoms with Gasteiger partial charge >= 0.3 is 0 Å². The number of nitrogens with two attached hydrogens (primary N) is 1. The van der Waals surface area contributed by atoms with Crippen molar-refractivity contribution in [3.8, 4) is 0 Å². The number of rotatable bonds is 6. The number of nitrogens with one attached hydrogen (secondary N) is 1. The fourth-order valence-electron chi connectivity index (χ4n) is 1.41. The van der Waals surface area contributed by atoms with E-state index >= 15 is 0 Å². The lowest BCUT2D eigenvalue weighted by molar-refractivity contribution is 0.0365. The molecule has 1 unspecified atom stereocenters. The third kappa shape index (κ3) is 3.72. The molecule has 16 heavy (non-hydrogen) atoms. The quantitative estimate of drug-likeness (QED) is 0.721. The van der Waals surface area contributed by atoms with Crippen molar-refractivity contribution in [1.29, 1.82) is 0 Å². The zero-order valence-electron chi connectivity index (χ0n) is 10.1. The maximum Gasteiger partial charge on any atom is 0.0976 e. The molecule has 0 saturated heterocycles. The molecule has 90 valence electrons. The van der Waals surface area contributed by atoms with E-state index in [1.54, 1.807) is 14.2 Å². The molecule has 0 aliphatic rings. The van der Waals surface area contributed by atoms with E-state index in [4.69, 9.17) is 15.2 Å². The number of anilines is 2. The first kappa shape index (κ1) is 12.8. The van der Waals surface area contributed by atoms with E-state index in [1.165, 1.54) is 0 Å². The van der Waals surface area contributed by atoms with Gasteiger partial charge in [-0.25, -0.2) is 0 Å². The molecule has 1 aromatic carbocycles. The monoisotopic (exact) mass is 224 g/mol. The summed E-state index contributed by atoms with van der Waals surface area (Å²) in [4.78, 5) is 0. The molecule has 1 aromatic rings. The first-order valence-electron chi connectivity index (χ1n) is 5.29. The molecule has 0 spiro atoms. The van der Waals surface area contributed by atoms with Crippen LogP contribution in [0.15, 0.2) is 18.2 Å². The molecular formula is C12H20N2O2. The van der Waals surface area contributed by atoms with Crippen LogP contribution in [0.1, 0.15) is 5.56 Å². The maximum atomic E-state index is 5.75. The summed E-state index contributed by atoms with van der Waals surface area (Å²) in [6, 6.07) is 5.88. The number of nitrogen functional groups attached to an aromatic ring is 1. The predicted octanol–water partition coefficient (Wildman–Crippen LogP) is 1.65. The van der Waals surface area contributed by atoms with Crippen LogP contribution in [0.25, 0.3) is 0 Å². The van der Waals surface area contributed by atoms with Gasteiger partial charge in [0, 0.05) is 32.1 Å². The van der Waals surface area contributed by atoms with Crippen molar-refractivity contribution in [2.45, 2.75) is 13.0 Å². The minimum Gasteiger partial charge on any atom is -0.399 e. The van der Waals surface area contributed by atoms with Gasteiger partial charge in [0.05, 0.1) is 12.7 Å². The van der Waals surface area contributed by atoms with E-state index in [-0.39, 0.29) is 6.10 Å². The van der Waals surface area contributed by atoms with Gasteiger partial charge in [-0.05, 0) is 30.7 Å². The van der Waals surface area contributed by atoms with Crippen molar-refractivity contribution < 1.29 is 9.47 Å². The van der Waals surface area contributed by atoms with Gasteiger partial charge in [-0.3, -0.25) is 0 Å². The molecule has 0 bridgehead atoms. The second-order valence-corrected chi connectivity index (χ2v) is 3.77. The Labute approximate surface area is 96.7 Å². The van der Waals surface area contributed by atoms with Gasteiger partial charge in [-0.1, -0.05) is 0 Å². The Bertz CT molecular complexity index is 329. The van der Waals surface area contributed by atoms with E-state index in [0.29, 0.717) is 13.2 Å². The Morgan fingerprint density at radius 2 is 2.12 bits per heavy atom. The second kappa shape index (κ2) is 6.35. The molecule has 0 saturated carbocycles. The minimum atomic E-state index is 0.0582. The molecule has 0 heterocycles. The largest absolute Gasteiger partial charge is 0.399 e. The maximum absolute atomic E-state index is 5.75. The summed E-state index contributed by atoms with van der Waals surface area (Å²) in [7, 11) is 3.35. The summed E-state index contributed by atoms with van der Waals surface area (Å²) in [5, 5.41) is 3.29. The van der Waals surface area contributed by atoms with Crippen LogP contribution in [0.2, 0.25) is 0 Å². The van der Waals surface area contributed by atoms with Crippen LogP contribution in [0, 0.1) is 6.92 Å². The Morgan fingerprint density at radius 1 is 1.38 bits per heavy atom. The molecule has 3 N–H and O–H groups in total. The fraction of sp³-hybridized carbons (Fsp3) is 0.500. The lowest BCUT2D eigenvalue weighted by Crippen LogP contribution is -2.26. The number of methoxy groups -OCH3 is 2. The number of hydrogen-bond acceptors (Lipinski definition) is 4. The van der Waals surface area contributed by atoms with Crippen LogP contribution in [0.3, 0.4) is 0 Å². The van der Waals surface area contributed by atoms with E-state index < -0.39 is 0 Å². The van der Waals surface area contributed by atoms with E-state index in [0.717, 1.165) is 16.9 Å². The van der Waals surface area contributed by atoms with Crippen molar-refractivity contribution in [2.75, 3.05) is 38.4 Å². The van der Waals surface area contributed by atoms with Gasteiger partial charge < -0.3 is 20.5 Å². The topological polar surface area (TPSA) is 56.5 Å². The van der Waals surface area contributed by atoms with Crippen molar-refractivity contribution in [3.05, 3.63) is 23.8 Å². The number of hydrogen-bond donors (Lipinski definition) is 2. The van der Waals surface area contributed by atoms with Gasteiger partial charge in [0.15, 0.2) is 0 Å². The summed E-state index contributed by atoms with van der Waals surface area (Å²) >= 11 is 0. The SMILES string of the molecule is COCC(CNc1ccc(N)c(C)c1)OC. The molecule has 0 fully saturated rings. The summed E-state index contributed by atoms with van der Waals surface area (Å²) in [6.45, 7) is 3.29. The van der Waals surface area contributed by atoms with Crippen molar-refractivity contribution in [3.63, 3.8) is 0 Å². The lowest BCUT2D eigenvalue weighted by Gasteiger charge is -2.16. The molecular weight excluding hydrogens is 204 g/mol. The van der Waals surface area contributed by atoms with Crippen LogP contribution in [-0.4, -0.2) is 33.5 Å². The first-order valence-corrected chi connectivity index (χ1v) is 5.29. The summed E-state index contributed by atoms with van der Waals surface area (Å²) < 4.78 is 10.3. The van der Waals surface area contributed by atoms with Crippen LogP contribution >= 0.6 is 0 Å². The summed E-state index contributed by atoms with van der Waals surface area (Å²) in [5.74, 6) is 0. The van der Waals surface area contributed by atoms with Gasteiger partial charge in [-0.2, -0.15) is 0 Å². The van der Waals surface area contributed by atoms with E-state index in [2.05, 4.69) is 5.32 Å². The second-order valence-electron chi connectivity index (χ2n) is 3.77. The van der Waals surface area contributed by atoms with Crippen LogP contribution in [0.5, 0.6) is 0 Å². The van der Waals surface area contributed by atoms with Crippen LogP contribution < -0.4 is 11.1 Å². The fourth-order valence-corrected chi connectivity index (χ4v) is 1.41. The van der Waals surface area contributed by atoms with E-state index in [9.17, 15) is 0 Å². The molecule has 0 aliphatic heterocycles. The number of aryl methyl sites for hydroxylation is 1. The molecule has 0 aliphatic carbocycles. The molecule has 1 rings (SSSR count). The number of ether oxygens (including phenoxy) is 2. The molecule has 0 amide bonds. The van der Waals surface area contributed by atoms with Gasteiger partial charge in [0.25, 0.3) is 0 Å². The minimum absolute atomic E-state index is 0.0582. The number of benzene rings is 1. The molecule has 4 nitrogen and oxygen atoms in total. The highest BCUT2D eigenvalue weighted by molar-refractivity contribution is 5.56. The Hall–Kier alpha value is -1.26. The Morgan fingerprint density at radius 3 is 2.69 bits per heavy atom. The smallest absolute Gasteiger partial charge is 0.0976 e. The van der Waals surface area contributed by atoms with Crippen molar-refractivity contribution >= 4 is 11.4 Å². The Kier molecular flexibility index (Phi) is 5.08. The van der Waals surface area contributed by atoms with Gasteiger partial charge in [0.1, 0.15) is 0 Å². The highest BCUT2D eigenvalue weighted by atomic mass is 16.5. The molecule has 1 atom stereocenters. The van der Waals surface area contributed by atoms with Crippen LogP contribution in [-0.2, 0) is 9.47 Å². The third-order valence-electron chi connectivity index (χ3n) is 2.49. The zero-order chi connectivity index (χ0) is 12.0. The summed E-state index contributed by atoms with van der Waals surface area (Å²) in [6.07, 6.45) is 0.0582. The molecule has 4 heteroatoms. The standard InChI is InChI=1S/C12H20N2O2/c1-9-6-10(4-5-12(9)13)14-7-11(16-3)8-15-2/h4-6,11,14H,7-8,13H2,1-3H3. The summed E-state index contributed by atoms with van der Waals surface area (Å²) in [5.41, 5.74) is 8.68. The molecule has 0 radical (unpaired) electrons. The first-order chi connectivity index (χ1) is 7.67. The highest BCUT2D eigenvalue weighted by Crippen LogP contribution is 2.16. The van der Waals surface area contributed by atoms with Gasteiger partial charge in [-0.15, -0.1) is 0 Å². The average Bonchev–Trinajstić information content (AvgIpc) is 2.28. The predicted molar refractivity (Wildman–Crippen MR) is 66.8 cm³/mol. The van der Waals surface area contributed by atoms with Crippen molar-refractivity contribution in [1.82, 2.24) is 0 Å². The lowest BCUT2D eigenvalue weighted by atomic mass is 10.2. The third-order valence-corrected chi connectivity index (χ3v) is 2.49. The van der Waals surface area contributed by atoms with Crippen LogP contribution in [0.4, 0.5) is 11.4 Å². The highest BCUT2D eigenvalue weighted by Gasteiger charge is 2.06. The average molecular weight is 224 g/mol. The molecule has 0 aromatic heterocycles.